The van der Waals surface area contributed by atoms with Gasteiger partial charge in [0, 0.05) is 12.3 Å². The topological polar surface area (TPSA) is 61.8 Å². The Hall–Kier alpha value is -1.88. The molecule has 3 aliphatic heterocycles. The normalized spacial score (nSPS) is 48.9. The van der Waals surface area contributed by atoms with Gasteiger partial charge in [0.1, 0.15) is 17.8 Å². The molecule has 0 aromatic carbocycles. The second-order valence-corrected chi connectivity index (χ2v) is 11.9. The van der Waals surface area contributed by atoms with Gasteiger partial charge in [-0.2, -0.15) is 0 Å². The minimum Gasteiger partial charge on any atom is -0.458 e. The predicted octanol–water partition coefficient (Wildman–Crippen LogP) is 4.91. The molecule has 0 spiro atoms. The first-order valence-corrected chi connectivity index (χ1v) is 12.8. The number of esters is 2. The van der Waals surface area contributed by atoms with E-state index in [4.69, 9.17) is 14.2 Å². The summed E-state index contributed by atoms with van der Waals surface area (Å²) in [6, 6.07) is 0. The molecule has 6 aliphatic rings. The van der Waals surface area contributed by atoms with Gasteiger partial charge < -0.3 is 14.2 Å². The molecule has 0 amide bonds. The highest BCUT2D eigenvalue weighted by Crippen LogP contribution is 2.65. The van der Waals surface area contributed by atoms with Crippen LogP contribution in [0.3, 0.4) is 0 Å². The number of hydrogen-bond acceptors (Lipinski definition) is 5. The lowest BCUT2D eigenvalue weighted by Gasteiger charge is -2.55. The first-order chi connectivity index (χ1) is 15.7. The van der Waals surface area contributed by atoms with Gasteiger partial charge in [-0.05, 0) is 80.6 Å². The summed E-state index contributed by atoms with van der Waals surface area (Å²) < 4.78 is 18.1. The van der Waals surface area contributed by atoms with E-state index in [9.17, 15) is 9.59 Å². The van der Waals surface area contributed by atoms with Crippen molar-refractivity contribution in [2.75, 3.05) is 6.61 Å². The fourth-order valence-electron chi connectivity index (χ4n) is 8.70. The van der Waals surface area contributed by atoms with E-state index in [0.717, 1.165) is 19.3 Å². The Morgan fingerprint density at radius 1 is 1.06 bits per heavy atom. The van der Waals surface area contributed by atoms with Crippen molar-refractivity contribution in [1.82, 2.24) is 0 Å². The molecule has 5 nitrogen and oxygen atoms in total. The van der Waals surface area contributed by atoms with Crippen molar-refractivity contribution in [3.05, 3.63) is 35.5 Å². The molecule has 6 rings (SSSR count). The third-order valence-electron chi connectivity index (χ3n) is 10.5. The summed E-state index contributed by atoms with van der Waals surface area (Å²) in [6.07, 6.45) is 10.7. The molecule has 9 atom stereocenters. The maximum absolute atomic E-state index is 12.5. The van der Waals surface area contributed by atoms with Gasteiger partial charge in [0.25, 0.3) is 0 Å². The Kier molecular flexibility index (Phi) is 4.79. The van der Waals surface area contributed by atoms with E-state index in [1.165, 1.54) is 30.4 Å². The molecule has 0 radical (unpaired) electrons. The second-order valence-electron chi connectivity index (χ2n) is 11.9. The SMILES string of the molecule is C=C1C(=O)OC2CC1(C)OCC2C1CCC2C3CC4OC(=O)CC=CC4=C(C)C3CCC12C. The molecule has 3 heterocycles. The second kappa shape index (κ2) is 7.31. The van der Waals surface area contributed by atoms with Gasteiger partial charge >= 0.3 is 11.9 Å². The Bertz CT molecular complexity index is 977. The molecule has 0 aromatic heterocycles. The van der Waals surface area contributed by atoms with Crippen LogP contribution in [-0.4, -0.2) is 36.4 Å². The van der Waals surface area contributed by atoms with Crippen LogP contribution in [0.25, 0.3) is 0 Å². The molecule has 33 heavy (non-hydrogen) atoms. The molecule has 2 bridgehead atoms. The van der Waals surface area contributed by atoms with E-state index >= 15 is 0 Å². The predicted molar refractivity (Wildman–Crippen MR) is 123 cm³/mol. The summed E-state index contributed by atoms with van der Waals surface area (Å²) in [7, 11) is 0. The maximum atomic E-state index is 12.5. The monoisotopic (exact) mass is 452 g/mol. The average molecular weight is 453 g/mol. The maximum Gasteiger partial charge on any atom is 0.336 e. The third-order valence-corrected chi connectivity index (χ3v) is 10.5. The van der Waals surface area contributed by atoms with Crippen molar-refractivity contribution in [3.8, 4) is 0 Å². The zero-order chi connectivity index (χ0) is 23.1. The highest BCUT2D eigenvalue weighted by Gasteiger charge is 2.60. The summed E-state index contributed by atoms with van der Waals surface area (Å²) in [4.78, 5) is 24.7. The van der Waals surface area contributed by atoms with E-state index in [1.54, 1.807) is 0 Å². The van der Waals surface area contributed by atoms with Gasteiger partial charge in [0.2, 0.25) is 0 Å². The lowest BCUT2D eigenvalue weighted by Crippen LogP contribution is -2.57. The number of carbonyl (C=O) groups excluding carboxylic acids is 2. The number of fused-ring (bicyclic) bond motifs is 6. The summed E-state index contributed by atoms with van der Waals surface area (Å²) in [5, 5.41) is 0. The van der Waals surface area contributed by atoms with Crippen LogP contribution in [0.1, 0.15) is 65.7 Å². The van der Waals surface area contributed by atoms with E-state index < -0.39 is 5.60 Å². The van der Waals surface area contributed by atoms with Crippen molar-refractivity contribution in [2.45, 2.75) is 83.5 Å². The number of carbonyl (C=O) groups is 2. The van der Waals surface area contributed by atoms with Gasteiger partial charge in [0.05, 0.1) is 18.6 Å². The van der Waals surface area contributed by atoms with Gasteiger partial charge in [0.15, 0.2) is 0 Å². The molecule has 0 aromatic rings. The zero-order valence-corrected chi connectivity index (χ0v) is 20.1. The van der Waals surface area contributed by atoms with Crippen molar-refractivity contribution in [3.63, 3.8) is 0 Å². The van der Waals surface area contributed by atoms with Crippen LogP contribution in [0.5, 0.6) is 0 Å². The summed E-state index contributed by atoms with van der Waals surface area (Å²) in [6.45, 7) is 11.3. The van der Waals surface area contributed by atoms with E-state index in [1.807, 2.05) is 13.0 Å². The Labute approximate surface area is 196 Å². The lowest BCUT2D eigenvalue weighted by atomic mass is 9.52. The fraction of sp³-hybridized carbons (Fsp3) is 0.714. The van der Waals surface area contributed by atoms with Crippen molar-refractivity contribution in [2.24, 2.45) is 35.0 Å². The fourth-order valence-corrected chi connectivity index (χ4v) is 8.70. The number of rotatable bonds is 1. The van der Waals surface area contributed by atoms with Crippen LogP contribution in [0, 0.1) is 35.0 Å². The van der Waals surface area contributed by atoms with Gasteiger partial charge in [-0.25, -0.2) is 4.79 Å². The van der Waals surface area contributed by atoms with Crippen LogP contribution >= 0.6 is 0 Å². The molecule has 2 saturated carbocycles. The quantitative estimate of drug-likeness (QED) is 0.418. The largest absolute Gasteiger partial charge is 0.458 e. The Morgan fingerprint density at radius 3 is 2.61 bits per heavy atom. The minimum absolute atomic E-state index is 0.0763. The summed E-state index contributed by atoms with van der Waals surface area (Å²) in [5.41, 5.74) is 2.76. The molecule has 9 unspecified atom stereocenters. The number of hydrogen-bond donors (Lipinski definition) is 0. The molecular formula is C28H36O5. The highest BCUT2D eigenvalue weighted by atomic mass is 16.6. The third kappa shape index (κ3) is 3.07. The van der Waals surface area contributed by atoms with Crippen molar-refractivity contribution >= 4 is 11.9 Å². The standard InChI is InChI=1S/C28H36O5/c1-15-17-10-11-27(3)21(19(17)12-23-18(15)6-5-7-25(29)32-23)8-9-22(27)20-14-31-28(4)13-24(20)33-26(30)16(28)2/h5-6,17,19-24H,2,7-14H2,1,3-4H3. The minimum atomic E-state index is -0.578. The Balaban J connectivity index is 1.27. The molecule has 178 valence electrons. The van der Waals surface area contributed by atoms with Gasteiger partial charge in [-0.15, -0.1) is 0 Å². The van der Waals surface area contributed by atoms with Crippen LogP contribution in [-0.2, 0) is 23.8 Å². The summed E-state index contributed by atoms with van der Waals surface area (Å²) >= 11 is 0. The molecule has 0 N–H and O–H groups in total. The van der Waals surface area contributed by atoms with Crippen LogP contribution in [0.4, 0.5) is 0 Å². The molecule has 2 saturated heterocycles. The van der Waals surface area contributed by atoms with Crippen LogP contribution < -0.4 is 0 Å². The first-order valence-electron chi connectivity index (χ1n) is 12.8. The molecule has 4 fully saturated rings. The number of ether oxygens (including phenoxy) is 3. The zero-order valence-electron chi connectivity index (χ0n) is 20.1. The average Bonchev–Trinajstić information content (AvgIpc) is 2.99. The first kappa shape index (κ1) is 21.6. The van der Waals surface area contributed by atoms with E-state index in [0.29, 0.717) is 42.3 Å². The Morgan fingerprint density at radius 2 is 1.82 bits per heavy atom. The van der Waals surface area contributed by atoms with Crippen molar-refractivity contribution in [1.29, 1.82) is 0 Å². The lowest BCUT2D eigenvalue weighted by molar-refractivity contribution is -0.200. The van der Waals surface area contributed by atoms with Crippen LogP contribution in [0.15, 0.2) is 35.5 Å². The molecule has 3 aliphatic carbocycles. The van der Waals surface area contributed by atoms with Gasteiger partial charge in [-0.3, -0.25) is 4.79 Å². The van der Waals surface area contributed by atoms with E-state index in [-0.39, 0.29) is 35.5 Å². The van der Waals surface area contributed by atoms with E-state index in [2.05, 4.69) is 26.5 Å². The molecular weight excluding hydrogens is 416 g/mol. The molecule has 5 heteroatoms. The smallest absolute Gasteiger partial charge is 0.336 e. The van der Waals surface area contributed by atoms with Crippen molar-refractivity contribution < 1.29 is 23.8 Å². The number of allylic oxidation sites excluding steroid dienone is 1. The summed E-state index contributed by atoms with van der Waals surface area (Å²) in [5.74, 6) is 2.07. The van der Waals surface area contributed by atoms with Gasteiger partial charge in [-0.1, -0.05) is 31.2 Å². The highest BCUT2D eigenvalue weighted by molar-refractivity contribution is 5.91. The van der Waals surface area contributed by atoms with Crippen LogP contribution in [0.2, 0.25) is 0 Å².